The number of hydrogen-bond donors (Lipinski definition) is 5. The van der Waals surface area contributed by atoms with Crippen molar-refractivity contribution in [2.24, 2.45) is 0 Å². The monoisotopic (exact) mass is 1100 g/mol. The maximum Gasteiger partial charge on any atom is 0.249 e. The summed E-state index contributed by atoms with van der Waals surface area (Å²) in [5.74, 6) is -0.575. The molecule has 78 heavy (non-hydrogen) atoms. The highest BCUT2D eigenvalue weighted by atomic mass is 16.3. The molecule has 0 aliphatic heterocycles. The minimum Gasteiger partial charge on any atom is -0.394 e. The molecule has 0 spiro atoms. The second kappa shape index (κ2) is 66.8. The number of aliphatic hydroxyl groups is 4. The summed E-state index contributed by atoms with van der Waals surface area (Å²) in [6.45, 7) is 4.12. The molecule has 0 aromatic carbocycles. The van der Waals surface area contributed by atoms with Crippen molar-refractivity contribution in [1.82, 2.24) is 5.32 Å². The molecule has 6 nitrogen and oxygen atoms in total. The lowest BCUT2D eigenvalue weighted by Gasteiger charge is -2.27. The Kier molecular flexibility index (Phi) is 66.0. The van der Waals surface area contributed by atoms with Crippen LogP contribution in [0.25, 0.3) is 0 Å². The number of unbranched alkanes of at least 4 members (excludes halogenated alkanes) is 57. The highest BCUT2D eigenvalue weighted by molar-refractivity contribution is 5.80. The standard InChI is InChI=1S/C72H143NO5/c1-3-5-7-9-11-13-15-17-19-21-23-25-27-29-30-31-32-33-34-35-36-37-38-39-40-41-42-44-46-48-50-52-54-56-58-60-62-64-66-70(76)72(78)73-68(67-74)71(77)69(75)65-63-61-59-57-55-53-51-49-47-45-43-28-26-24-22-20-18-16-14-12-10-8-6-4-2/h35-36,68-71,74-77H,3-34,37-67H2,1-2H3,(H,73,78)/b36-35-. The molecule has 0 aliphatic rings. The summed E-state index contributed by atoms with van der Waals surface area (Å²) >= 11 is 0. The van der Waals surface area contributed by atoms with Gasteiger partial charge in [-0.05, 0) is 38.5 Å². The van der Waals surface area contributed by atoms with E-state index in [2.05, 4.69) is 31.3 Å². The van der Waals surface area contributed by atoms with Gasteiger partial charge in [0.1, 0.15) is 12.2 Å². The molecule has 0 bridgehead atoms. The van der Waals surface area contributed by atoms with Gasteiger partial charge in [-0.15, -0.1) is 0 Å². The van der Waals surface area contributed by atoms with Crippen LogP contribution in [0, 0.1) is 0 Å². The predicted octanol–water partition coefficient (Wildman–Crippen LogP) is 22.3. The normalized spacial score (nSPS) is 13.5. The zero-order valence-corrected chi connectivity index (χ0v) is 53.2. The first-order valence-corrected chi connectivity index (χ1v) is 36.1. The van der Waals surface area contributed by atoms with Crippen molar-refractivity contribution in [2.75, 3.05) is 6.61 Å². The summed E-state index contributed by atoms with van der Waals surface area (Å²) in [6.07, 6.45) is 83.5. The summed E-state index contributed by atoms with van der Waals surface area (Å²) in [5.41, 5.74) is 0. The number of hydrogen-bond acceptors (Lipinski definition) is 5. The van der Waals surface area contributed by atoms with E-state index in [0.717, 1.165) is 38.5 Å². The molecule has 6 heteroatoms. The molecule has 0 heterocycles. The Morgan fingerprint density at radius 3 is 0.744 bits per heavy atom. The number of carbonyl (C=O) groups is 1. The van der Waals surface area contributed by atoms with Crippen LogP contribution in [0.15, 0.2) is 12.2 Å². The Hall–Kier alpha value is -0.950. The van der Waals surface area contributed by atoms with Gasteiger partial charge in [0.05, 0.1) is 18.8 Å². The molecule has 0 radical (unpaired) electrons. The van der Waals surface area contributed by atoms with Crippen molar-refractivity contribution in [2.45, 2.75) is 436 Å². The highest BCUT2D eigenvalue weighted by Crippen LogP contribution is 2.20. The summed E-state index contributed by atoms with van der Waals surface area (Å²) in [5, 5.41) is 44.3. The van der Waals surface area contributed by atoms with Crippen LogP contribution in [0.2, 0.25) is 0 Å². The van der Waals surface area contributed by atoms with Gasteiger partial charge in [0.2, 0.25) is 5.91 Å². The third-order valence-electron chi connectivity index (χ3n) is 17.5. The Morgan fingerprint density at radius 1 is 0.308 bits per heavy atom. The van der Waals surface area contributed by atoms with E-state index in [1.54, 1.807) is 0 Å². The van der Waals surface area contributed by atoms with Crippen LogP contribution in [0.4, 0.5) is 0 Å². The summed E-state index contributed by atoms with van der Waals surface area (Å²) < 4.78 is 0. The van der Waals surface area contributed by atoms with E-state index >= 15 is 0 Å². The van der Waals surface area contributed by atoms with Crippen LogP contribution in [-0.2, 0) is 4.79 Å². The molecule has 4 atom stereocenters. The quantitative estimate of drug-likeness (QED) is 0.0308. The van der Waals surface area contributed by atoms with E-state index in [-0.39, 0.29) is 0 Å². The largest absolute Gasteiger partial charge is 0.394 e. The Morgan fingerprint density at radius 2 is 0.513 bits per heavy atom. The number of nitrogens with one attached hydrogen (secondary N) is 1. The zero-order valence-electron chi connectivity index (χ0n) is 53.2. The van der Waals surface area contributed by atoms with Gasteiger partial charge in [-0.2, -0.15) is 0 Å². The van der Waals surface area contributed by atoms with Gasteiger partial charge in [-0.25, -0.2) is 0 Å². The molecular weight excluding hydrogens is 959 g/mol. The van der Waals surface area contributed by atoms with E-state index in [0.29, 0.717) is 12.8 Å². The highest BCUT2D eigenvalue weighted by Gasteiger charge is 2.28. The Labute approximate surface area is 489 Å². The number of amides is 1. The van der Waals surface area contributed by atoms with Crippen LogP contribution in [0.5, 0.6) is 0 Å². The van der Waals surface area contributed by atoms with Crippen LogP contribution < -0.4 is 5.32 Å². The van der Waals surface area contributed by atoms with Crippen LogP contribution in [-0.4, -0.2) is 57.3 Å². The van der Waals surface area contributed by atoms with Gasteiger partial charge in [0.25, 0.3) is 0 Å². The number of rotatable bonds is 68. The fourth-order valence-corrected chi connectivity index (χ4v) is 11.9. The maximum absolute atomic E-state index is 12.7. The first-order chi connectivity index (χ1) is 38.5. The van der Waals surface area contributed by atoms with Gasteiger partial charge in [-0.3, -0.25) is 4.79 Å². The van der Waals surface area contributed by atoms with Crippen molar-refractivity contribution < 1.29 is 25.2 Å². The lowest BCUT2D eigenvalue weighted by molar-refractivity contribution is -0.132. The SMILES string of the molecule is CCCCCCCCCCCCCCCCCCCC/C=C\CCCCCCCCCCCCCCCCCCC(O)C(=O)NC(CO)C(O)C(O)CCCCCCCCCCCCCCCCCCCCCCCCCC. The van der Waals surface area contributed by atoms with Crippen LogP contribution in [0.3, 0.4) is 0 Å². The lowest BCUT2D eigenvalue weighted by Crippen LogP contribution is -2.53. The van der Waals surface area contributed by atoms with Gasteiger partial charge in [0.15, 0.2) is 0 Å². The second-order valence-corrected chi connectivity index (χ2v) is 25.3. The first kappa shape index (κ1) is 77.0. The Balaban J connectivity index is 3.50. The third-order valence-corrected chi connectivity index (χ3v) is 17.5. The topological polar surface area (TPSA) is 110 Å². The molecule has 0 fully saturated rings. The van der Waals surface area contributed by atoms with E-state index in [9.17, 15) is 25.2 Å². The first-order valence-electron chi connectivity index (χ1n) is 36.1. The predicted molar refractivity (Wildman–Crippen MR) is 344 cm³/mol. The summed E-state index contributed by atoms with van der Waals surface area (Å²) in [6, 6.07) is -0.984. The van der Waals surface area contributed by atoms with Gasteiger partial charge < -0.3 is 25.7 Å². The van der Waals surface area contributed by atoms with Crippen LogP contribution in [0.1, 0.15) is 412 Å². The minimum absolute atomic E-state index is 0.374. The summed E-state index contributed by atoms with van der Waals surface area (Å²) in [7, 11) is 0. The van der Waals surface area contributed by atoms with E-state index in [1.807, 2.05) is 0 Å². The smallest absolute Gasteiger partial charge is 0.249 e. The minimum atomic E-state index is -1.26. The third kappa shape index (κ3) is 59.7. The number of allylic oxidation sites excluding steroid dienone is 2. The van der Waals surface area contributed by atoms with E-state index in [4.69, 9.17) is 0 Å². The van der Waals surface area contributed by atoms with Crippen molar-refractivity contribution in [3.8, 4) is 0 Å². The van der Waals surface area contributed by atoms with Gasteiger partial charge >= 0.3 is 0 Å². The van der Waals surface area contributed by atoms with Crippen molar-refractivity contribution in [3.05, 3.63) is 12.2 Å². The fourth-order valence-electron chi connectivity index (χ4n) is 11.9. The number of carbonyl (C=O) groups excluding carboxylic acids is 1. The fraction of sp³-hybridized carbons (Fsp3) is 0.958. The van der Waals surface area contributed by atoms with Gasteiger partial charge in [0, 0.05) is 0 Å². The maximum atomic E-state index is 12.7. The van der Waals surface area contributed by atoms with Crippen molar-refractivity contribution in [3.63, 3.8) is 0 Å². The molecule has 5 N–H and O–H groups in total. The molecular formula is C72H143NO5. The molecule has 1 amide bonds. The summed E-state index contributed by atoms with van der Waals surface area (Å²) in [4.78, 5) is 12.7. The molecule has 0 saturated carbocycles. The van der Waals surface area contributed by atoms with E-state index in [1.165, 1.54) is 347 Å². The molecule has 0 aromatic rings. The molecule has 0 aliphatic carbocycles. The van der Waals surface area contributed by atoms with Crippen LogP contribution >= 0.6 is 0 Å². The number of aliphatic hydroxyl groups excluding tert-OH is 4. The lowest BCUT2D eigenvalue weighted by atomic mass is 9.99. The molecule has 0 saturated heterocycles. The second-order valence-electron chi connectivity index (χ2n) is 25.3. The molecule has 0 aromatic heterocycles. The average molecular weight is 1100 g/mol. The zero-order chi connectivity index (χ0) is 56.6. The Bertz CT molecular complexity index is 1150. The van der Waals surface area contributed by atoms with Crippen molar-refractivity contribution in [1.29, 1.82) is 0 Å². The molecule has 466 valence electrons. The molecule has 0 rings (SSSR count). The van der Waals surface area contributed by atoms with Gasteiger partial charge in [-0.1, -0.05) is 386 Å². The molecule has 4 unspecified atom stereocenters. The average Bonchev–Trinajstić information content (AvgIpc) is 3.45. The van der Waals surface area contributed by atoms with E-state index < -0.39 is 36.9 Å². The van der Waals surface area contributed by atoms with Crippen molar-refractivity contribution >= 4 is 5.91 Å².